The molecule has 19 heavy (non-hydrogen) atoms. The van der Waals surface area contributed by atoms with Gasteiger partial charge in [-0.3, -0.25) is 0 Å². The van der Waals surface area contributed by atoms with E-state index in [1.165, 1.54) is 0 Å². The van der Waals surface area contributed by atoms with E-state index in [1.54, 1.807) is 0 Å². The molecular weight excluding hydrogens is 316 g/mol. The Hall–Kier alpha value is -0.660. The first-order valence-electron chi connectivity index (χ1n) is 4.84. The lowest BCUT2D eigenvalue weighted by Crippen LogP contribution is -2.68. The van der Waals surface area contributed by atoms with Crippen LogP contribution in [0.4, 0.5) is 0 Å². The van der Waals surface area contributed by atoms with E-state index in [0.29, 0.717) is 5.03 Å². The maximum absolute atomic E-state index is 8.49. The molecule has 5 nitrogen and oxygen atoms in total. The van der Waals surface area contributed by atoms with Crippen molar-refractivity contribution in [1.29, 1.82) is 0 Å². The van der Waals surface area contributed by atoms with Crippen molar-refractivity contribution in [2.24, 2.45) is 0 Å². The minimum Gasteiger partial charge on any atom is -0.241 e. The number of benzene rings is 1. The molecule has 106 valence electrons. The second-order valence-corrected chi connectivity index (χ2v) is 5.11. The van der Waals surface area contributed by atoms with Gasteiger partial charge in [0, 0.05) is 11.1 Å². The van der Waals surface area contributed by atoms with Gasteiger partial charge in [0.2, 0.25) is 0 Å². The highest BCUT2D eigenvalue weighted by atomic mass is 35.7. The van der Waals surface area contributed by atoms with E-state index in [0.717, 1.165) is 10.6 Å². The summed E-state index contributed by atoms with van der Waals surface area (Å²) in [6.45, 7) is 0. The van der Waals surface area contributed by atoms with Crippen LogP contribution in [0, 0.1) is 10.2 Å². The molecule has 0 radical (unpaired) electrons. The van der Waals surface area contributed by atoms with Gasteiger partial charge >= 0.3 is 0 Å². The molecule has 0 atom stereocenters. The smallest absolute Gasteiger partial charge is 0.164 e. The second-order valence-electron chi connectivity index (χ2n) is 3.51. The van der Waals surface area contributed by atoms with Crippen LogP contribution in [0.3, 0.4) is 0 Å². The molecule has 0 aromatic heterocycles. The number of halogens is 3. The lowest BCUT2D eigenvalue weighted by Gasteiger charge is -2.17. The third kappa shape index (κ3) is 12.1. The van der Waals surface area contributed by atoms with E-state index in [4.69, 9.17) is 41.8 Å². The molecule has 0 saturated heterocycles. The van der Waals surface area contributed by atoms with Gasteiger partial charge in [-0.1, -0.05) is 35.3 Å². The van der Waals surface area contributed by atoms with Gasteiger partial charge < -0.3 is 0 Å². The van der Waals surface area contributed by atoms with Crippen LogP contribution in [-0.4, -0.2) is 24.9 Å². The predicted octanol–water partition coefficient (Wildman–Crippen LogP) is -1.49. The summed E-state index contributed by atoms with van der Waals surface area (Å²) in [6.07, 6.45) is 3.75. The van der Waals surface area contributed by atoms with Crippen LogP contribution in [0.25, 0.3) is 5.03 Å². The fourth-order valence-corrected chi connectivity index (χ4v) is 1.23. The molecule has 0 aliphatic heterocycles. The highest BCUT2D eigenvalue weighted by molar-refractivity contribution is 6.49. The molecule has 0 N–H and O–H groups in total. The van der Waals surface area contributed by atoms with Crippen LogP contribution in [0.1, 0.15) is 5.56 Å². The molecular formula is C11H12Cl3NO4. The van der Waals surface area contributed by atoms with Crippen LogP contribution >= 0.6 is 23.2 Å². The minimum absolute atomic E-state index is 0.704. The van der Waals surface area contributed by atoms with Crippen molar-refractivity contribution in [1.82, 2.24) is 0 Å². The minimum atomic E-state index is -4.94. The number of rotatable bonds is 2. The normalized spacial score (nSPS) is 11.5. The van der Waals surface area contributed by atoms with Crippen LogP contribution in [-0.2, 0) is 0 Å². The fourth-order valence-electron chi connectivity index (χ4n) is 0.920. The average Bonchev–Trinajstić information content (AvgIpc) is 2.24. The Balaban J connectivity index is 0.000000555. The van der Waals surface area contributed by atoms with Gasteiger partial charge in [0.15, 0.2) is 6.21 Å². The first-order chi connectivity index (χ1) is 8.59. The number of hydrogen-bond donors (Lipinski definition) is 0. The summed E-state index contributed by atoms with van der Waals surface area (Å²) < 4.78 is 35.9. The SMILES string of the molecule is C[N+](C)=CC=C(Cl)c1ccc(Cl)cc1.[O-][Cl+3]([O-])([O-])[O-]. The zero-order valence-corrected chi connectivity index (χ0v) is 12.4. The van der Waals surface area contributed by atoms with Crippen molar-refractivity contribution >= 4 is 34.4 Å². The molecule has 1 aromatic rings. The van der Waals surface area contributed by atoms with E-state index in [2.05, 4.69) is 0 Å². The molecule has 1 rings (SSSR count). The molecule has 0 amide bonds. The summed E-state index contributed by atoms with van der Waals surface area (Å²) >= 11 is 11.8. The zero-order chi connectivity index (χ0) is 15.1. The molecule has 8 heteroatoms. The number of hydrogen-bond acceptors (Lipinski definition) is 4. The maximum Gasteiger partial charge on any atom is 0.164 e. The van der Waals surface area contributed by atoms with E-state index in [1.807, 2.05) is 55.2 Å². The molecule has 0 aliphatic rings. The Morgan fingerprint density at radius 2 is 1.53 bits per heavy atom. The van der Waals surface area contributed by atoms with E-state index in [9.17, 15) is 0 Å². The van der Waals surface area contributed by atoms with Gasteiger partial charge in [-0.25, -0.2) is 23.2 Å². The fraction of sp³-hybridized carbons (Fsp3) is 0.182. The van der Waals surface area contributed by atoms with E-state index in [-0.39, 0.29) is 0 Å². The number of nitrogens with zero attached hydrogens (tertiary/aromatic N) is 1. The van der Waals surface area contributed by atoms with Crippen LogP contribution < -0.4 is 18.6 Å². The topological polar surface area (TPSA) is 95.2 Å². The summed E-state index contributed by atoms with van der Waals surface area (Å²) in [5.74, 6) is 0. The van der Waals surface area contributed by atoms with Gasteiger partial charge in [0.1, 0.15) is 14.1 Å². The molecule has 0 aliphatic carbocycles. The third-order valence-corrected chi connectivity index (χ3v) is 2.24. The average molecular weight is 329 g/mol. The standard InChI is InChI=1S/C11H12Cl2N.ClHO4/c1-14(2)8-7-11(13)9-3-5-10(12)6-4-9;2-1(3,4)5/h3-8H,1-2H3;(H,2,3,4,5)/q+1;/p-1. The van der Waals surface area contributed by atoms with Crippen molar-refractivity contribution in [3.8, 4) is 0 Å². The van der Waals surface area contributed by atoms with Crippen molar-refractivity contribution < 1.29 is 33.5 Å². The first-order valence-corrected chi connectivity index (χ1v) is 6.83. The summed E-state index contributed by atoms with van der Waals surface area (Å²) in [5, 5.41) is 1.42. The highest BCUT2D eigenvalue weighted by Gasteiger charge is 1.97. The Labute approximate surface area is 123 Å². The van der Waals surface area contributed by atoms with Gasteiger partial charge in [-0.05, 0) is 17.7 Å². The lowest BCUT2D eigenvalue weighted by molar-refractivity contribution is -2.00. The molecule has 0 unspecified atom stereocenters. The zero-order valence-electron chi connectivity index (χ0n) is 10.2. The highest BCUT2D eigenvalue weighted by Crippen LogP contribution is 2.19. The first kappa shape index (κ1) is 18.3. The van der Waals surface area contributed by atoms with E-state index < -0.39 is 10.2 Å². The second kappa shape index (κ2) is 8.50. The summed E-state index contributed by atoms with van der Waals surface area (Å²) in [4.78, 5) is 0. The maximum atomic E-state index is 8.49. The van der Waals surface area contributed by atoms with Crippen LogP contribution in [0.2, 0.25) is 5.02 Å². The summed E-state index contributed by atoms with van der Waals surface area (Å²) in [7, 11) is -1.05. The lowest BCUT2D eigenvalue weighted by atomic mass is 10.2. The predicted molar refractivity (Wildman–Crippen MR) is 63.5 cm³/mol. The van der Waals surface area contributed by atoms with Crippen molar-refractivity contribution in [3.63, 3.8) is 0 Å². The Morgan fingerprint density at radius 3 is 1.89 bits per heavy atom. The van der Waals surface area contributed by atoms with Gasteiger partial charge in [-0.2, -0.15) is 0 Å². The third-order valence-electron chi connectivity index (χ3n) is 1.64. The number of allylic oxidation sites excluding steroid dienone is 1. The molecule has 0 saturated carbocycles. The van der Waals surface area contributed by atoms with E-state index >= 15 is 0 Å². The molecule has 0 spiro atoms. The Bertz CT molecular complexity index is 442. The van der Waals surface area contributed by atoms with Crippen LogP contribution in [0.15, 0.2) is 30.3 Å². The summed E-state index contributed by atoms with van der Waals surface area (Å²) in [6, 6.07) is 7.43. The molecule has 1 aromatic carbocycles. The molecule has 0 heterocycles. The quantitative estimate of drug-likeness (QED) is 0.488. The van der Waals surface area contributed by atoms with Crippen molar-refractivity contribution in [2.45, 2.75) is 0 Å². The largest absolute Gasteiger partial charge is 0.241 e. The summed E-state index contributed by atoms with van der Waals surface area (Å²) in [5.41, 5.74) is 0.967. The van der Waals surface area contributed by atoms with Gasteiger partial charge in [0.05, 0.1) is 5.03 Å². The Kier molecular flexibility index (Phi) is 8.20. The van der Waals surface area contributed by atoms with Gasteiger partial charge in [-0.15, -0.1) is 10.2 Å². The van der Waals surface area contributed by atoms with Crippen LogP contribution in [0.5, 0.6) is 0 Å². The monoisotopic (exact) mass is 327 g/mol. The Morgan fingerprint density at radius 1 is 1.11 bits per heavy atom. The van der Waals surface area contributed by atoms with Crippen molar-refractivity contribution in [3.05, 3.63) is 40.9 Å². The van der Waals surface area contributed by atoms with Crippen molar-refractivity contribution in [2.75, 3.05) is 14.1 Å². The van der Waals surface area contributed by atoms with Gasteiger partial charge in [0.25, 0.3) is 0 Å². The molecule has 0 bridgehead atoms. The molecule has 0 fully saturated rings.